The van der Waals surface area contributed by atoms with Gasteiger partial charge in [-0.2, -0.15) is 0 Å². The minimum absolute atomic E-state index is 0.0986. The summed E-state index contributed by atoms with van der Waals surface area (Å²) in [6.45, 7) is 1.84. The number of ether oxygens (including phenoxy) is 2. The number of H-pyrrole nitrogens is 1. The third-order valence-corrected chi connectivity index (χ3v) is 4.80. The zero-order valence-electron chi connectivity index (χ0n) is 13.2. The molecule has 1 N–H and O–H groups in total. The van der Waals surface area contributed by atoms with Crippen molar-refractivity contribution in [2.75, 3.05) is 19.0 Å². The van der Waals surface area contributed by atoms with Gasteiger partial charge in [0.15, 0.2) is 5.16 Å². The van der Waals surface area contributed by atoms with Crippen LogP contribution in [0.3, 0.4) is 0 Å². The second-order valence-electron chi connectivity index (χ2n) is 5.56. The molecule has 1 saturated heterocycles. The molecule has 6 nitrogen and oxygen atoms in total. The van der Waals surface area contributed by atoms with E-state index < -0.39 is 0 Å². The van der Waals surface area contributed by atoms with Gasteiger partial charge in [-0.3, -0.25) is 4.57 Å². The zero-order valence-corrected chi connectivity index (χ0v) is 14.1. The van der Waals surface area contributed by atoms with E-state index in [2.05, 4.69) is 10.2 Å². The van der Waals surface area contributed by atoms with Crippen molar-refractivity contribution in [1.82, 2.24) is 14.8 Å². The first kappa shape index (κ1) is 17.0. The maximum atomic E-state index is 12.8. The SMILES string of the molecule is O=c1[nH]nc(SCCCOc2ccc(F)cc2)n1C[C@@H]1CCCO1. The summed E-state index contributed by atoms with van der Waals surface area (Å²) >= 11 is 1.51. The van der Waals surface area contributed by atoms with Crippen LogP contribution in [0.5, 0.6) is 5.75 Å². The highest BCUT2D eigenvalue weighted by atomic mass is 32.2. The summed E-state index contributed by atoms with van der Waals surface area (Å²) in [6.07, 6.45) is 2.91. The largest absolute Gasteiger partial charge is 0.494 e. The Kier molecular flexibility index (Phi) is 5.92. The number of thioether (sulfide) groups is 1. The molecule has 0 aliphatic carbocycles. The first-order valence-corrected chi connectivity index (χ1v) is 8.99. The van der Waals surface area contributed by atoms with Crippen LogP contribution in [0, 0.1) is 5.82 Å². The smallest absolute Gasteiger partial charge is 0.344 e. The maximum Gasteiger partial charge on any atom is 0.344 e. The van der Waals surface area contributed by atoms with Crippen LogP contribution >= 0.6 is 11.8 Å². The maximum absolute atomic E-state index is 12.8. The topological polar surface area (TPSA) is 69.1 Å². The highest BCUT2D eigenvalue weighted by Crippen LogP contribution is 2.19. The highest BCUT2D eigenvalue weighted by molar-refractivity contribution is 7.99. The Labute approximate surface area is 143 Å². The van der Waals surface area contributed by atoms with Crippen LogP contribution in [0.15, 0.2) is 34.2 Å². The Bertz CT molecular complexity index is 695. The van der Waals surface area contributed by atoms with Crippen molar-refractivity contribution in [3.05, 3.63) is 40.6 Å². The van der Waals surface area contributed by atoms with Gasteiger partial charge in [-0.1, -0.05) is 11.8 Å². The first-order chi connectivity index (χ1) is 11.7. The van der Waals surface area contributed by atoms with Crippen LogP contribution < -0.4 is 10.4 Å². The van der Waals surface area contributed by atoms with Crippen LogP contribution in [0.25, 0.3) is 0 Å². The standard InChI is InChI=1S/C16H20FN3O3S/c17-12-4-6-13(7-5-12)22-9-2-10-24-16-19-18-15(21)20(16)11-14-3-1-8-23-14/h4-7,14H,1-3,8-11H2,(H,18,21)/t14-/m0/s1. The molecule has 3 rings (SSSR count). The van der Waals surface area contributed by atoms with Gasteiger partial charge in [0, 0.05) is 12.4 Å². The van der Waals surface area contributed by atoms with Gasteiger partial charge in [0.1, 0.15) is 11.6 Å². The molecule has 0 saturated carbocycles. The molecule has 1 fully saturated rings. The second-order valence-corrected chi connectivity index (χ2v) is 6.62. The van der Waals surface area contributed by atoms with Crippen molar-refractivity contribution in [1.29, 1.82) is 0 Å². The Morgan fingerprint density at radius 3 is 3.00 bits per heavy atom. The molecule has 0 unspecified atom stereocenters. The monoisotopic (exact) mass is 353 g/mol. The van der Waals surface area contributed by atoms with E-state index >= 15 is 0 Å². The number of nitrogens with zero attached hydrogens (tertiary/aromatic N) is 2. The van der Waals surface area contributed by atoms with Crippen molar-refractivity contribution in [2.45, 2.75) is 37.1 Å². The van der Waals surface area contributed by atoms with E-state index in [1.807, 2.05) is 0 Å². The number of aromatic amines is 1. The molecule has 130 valence electrons. The molecule has 1 aromatic heterocycles. The third-order valence-electron chi connectivity index (χ3n) is 3.74. The fraction of sp³-hybridized carbons (Fsp3) is 0.500. The lowest BCUT2D eigenvalue weighted by molar-refractivity contribution is 0.0941. The van der Waals surface area contributed by atoms with E-state index in [9.17, 15) is 9.18 Å². The van der Waals surface area contributed by atoms with Gasteiger partial charge in [0.25, 0.3) is 0 Å². The third kappa shape index (κ3) is 4.61. The number of aromatic nitrogens is 3. The van der Waals surface area contributed by atoms with Crippen LogP contribution in [0.4, 0.5) is 4.39 Å². The zero-order chi connectivity index (χ0) is 16.8. The van der Waals surface area contributed by atoms with Crippen LogP contribution in [0.1, 0.15) is 19.3 Å². The first-order valence-electron chi connectivity index (χ1n) is 8.00. The molecule has 0 bridgehead atoms. The van der Waals surface area contributed by atoms with Gasteiger partial charge in [0.2, 0.25) is 0 Å². The number of benzene rings is 1. The number of nitrogens with one attached hydrogen (secondary N) is 1. The molecule has 1 aliphatic heterocycles. The van der Waals surface area contributed by atoms with E-state index in [4.69, 9.17) is 9.47 Å². The molecule has 24 heavy (non-hydrogen) atoms. The van der Waals surface area contributed by atoms with Gasteiger partial charge in [-0.05, 0) is 43.5 Å². The summed E-state index contributed by atoms with van der Waals surface area (Å²) < 4.78 is 25.6. The van der Waals surface area contributed by atoms with Crippen molar-refractivity contribution >= 4 is 11.8 Å². The molecule has 1 aliphatic rings. The summed E-state index contributed by atoms with van der Waals surface area (Å²) in [5.41, 5.74) is -0.199. The van der Waals surface area contributed by atoms with Crippen LogP contribution in [-0.4, -0.2) is 39.8 Å². The summed E-state index contributed by atoms with van der Waals surface area (Å²) in [6, 6.07) is 5.96. The van der Waals surface area contributed by atoms with Crippen molar-refractivity contribution < 1.29 is 13.9 Å². The Morgan fingerprint density at radius 2 is 2.25 bits per heavy atom. The summed E-state index contributed by atoms with van der Waals surface area (Å²) in [5.74, 6) is 1.15. The predicted molar refractivity (Wildman–Crippen MR) is 89.1 cm³/mol. The number of rotatable bonds is 8. The molecule has 2 heterocycles. The normalized spacial score (nSPS) is 17.3. The predicted octanol–water partition coefficient (Wildman–Crippen LogP) is 2.45. The fourth-order valence-electron chi connectivity index (χ4n) is 2.51. The Balaban J connectivity index is 1.43. The van der Waals surface area contributed by atoms with Gasteiger partial charge in [-0.15, -0.1) is 5.10 Å². The van der Waals surface area contributed by atoms with E-state index in [1.54, 1.807) is 16.7 Å². The van der Waals surface area contributed by atoms with Gasteiger partial charge in [-0.25, -0.2) is 14.3 Å². The second kappa shape index (κ2) is 8.34. The molecule has 1 atom stereocenters. The van der Waals surface area contributed by atoms with Gasteiger partial charge in [0.05, 0.1) is 19.3 Å². The molecule has 0 amide bonds. The fourth-order valence-corrected chi connectivity index (χ4v) is 3.38. The molecule has 2 aromatic rings. The molecule has 1 aromatic carbocycles. The van der Waals surface area contributed by atoms with E-state index in [0.717, 1.165) is 31.6 Å². The molecule has 0 radical (unpaired) electrons. The molecular formula is C16H20FN3O3S. The van der Waals surface area contributed by atoms with E-state index in [-0.39, 0.29) is 17.6 Å². The lowest BCUT2D eigenvalue weighted by Crippen LogP contribution is -2.25. The number of halogens is 1. The van der Waals surface area contributed by atoms with Crippen LogP contribution in [0.2, 0.25) is 0 Å². The Hall–Kier alpha value is -1.80. The highest BCUT2D eigenvalue weighted by Gasteiger charge is 2.19. The average molecular weight is 353 g/mol. The lowest BCUT2D eigenvalue weighted by Gasteiger charge is -2.11. The lowest BCUT2D eigenvalue weighted by atomic mass is 10.2. The van der Waals surface area contributed by atoms with Crippen molar-refractivity contribution in [3.63, 3.8) is 0 Å². The van der Waals surface area contributed by atoms with Gasteiger partial charge < -0.3 is 9.47 Å². The number of hydrogen-bond acceptors (Lipinski definition) is 5. The van der Waals surface area contributed by atoms with Crippen LogP contribution in [-0.2, 0) is 11.3 Å². The van der Waals surface area contributed by atoms with E-state index in [0.29, 0.717) is 24.1 Å². The quantitative estimate of drug-likeness (QED) is 0.583. The molecule has 8 heteroatoms. The summed E-state index contributed by atoms with van der Waals surface area (Å²) in [7, 11) is 0. The van der Waals surface area contributed by atoms with Crippen molar-refractivity contribution in [2.24, 2.45) is 0 Å². The minimum atomic E-state index is -0.277. The summed E-state index contributed by atoms with van der Waals surface area (Å²) in [5, 5.41) is 7.25. The Morgan fingerprint density at radius 1 is 1.42 bits per heavy atom. The van der Waals surface area contributed by atoms with Crippen molar-refractivity contribution in [3.8, 4) is 5.75 Å². The van der Waals surface area contributed by atoms with Gasteiger partial charge >= 0.3 is 5.69 Å². The van der Waals surface area contributed by atoms with E-state index in [1.165, 1.54) is 23.9 Å². The minimum Gasteiger partial charge on any atom is -0.494 e. The summed E-state index contributed by atoms with van der Waals surface area (Å²) in [4.78, 5) is 11.8. The molecular weight excluding hydrogens is 333 g/mol. The average Bonchev–Trinajstić information content (AvgIpc) is 3.21. The number of hydrogen-bond donors (Lipinski definition) is 1. The molecule has 0 spiro atoms.